The Morgan fingerprint density at radius 2 is 2.00 bits per heavy atom. The maximum absolute atomic E-state index is 13.6. The van der Waals surface area contributed by atoms with Crippen molar-refractivity contribution >= 4 is 0 Å². The molecule has 4 heteroatoms. The monoisotopic (exact) mass is 275 g/mol. The fourth-order valence-electron chi connectivity index (χ4n) is 2.71. The molecule has 0 bridgehead atoms. The van der Waals surface area contributed by atoms with E-state index in [1.807, 2.05) is 6.07 Å². The van der Waals surface area contributed by atoms with E-state index in [0.29, 0.717) is 12.1 Å². The number of rotatable bonds is 3. The minimum Gasteiger partial charge on any atom is -0.508 e. The lowest BCUT2D eigenvalue weighted by molar-refractivity contribution is 0.474. The van der Waals surface area contributed by atoms with Crippen molar-refractivity contribution in [3.63, 3.8) is 0 Å². The van der Waals surface area contributed by atoms with Crippen molar-refractivity contribution < 1.29 is 13.9 Å². The number of hydrogen-bond acceptors (Lipinski definition) is 2. The van der Waals surface area contributed by atoms with Gasteiger partial charge in [0.1, 0.15) is 17.4 Å². The SMILES string of the molecule is Oc1ccc2c(c1)CCC2NCc1ccc(F)cc1F. The second-order valence-electron chi connectivity index (χ2n) is 5.09. The number of benzene rings is 2. The van der Waals surface area contributed by atoms with Crippen molar-refractivity contribution in [3.05, 3.63) is 64.7 Å². The van der Waals surface area contributed by atoms with Crippen molar-refractivity contribution in [1.82, 2.24) is 5.32 Å². The number of phenolic OH excluding ortho intramolecular Hbond substituents is 1. The number of aryl methyl sites for hydroxylation is 1. The quantitative estimate of drug-likeness (QED) is 0.899. The number of nitrogens with one attached hydrogen (secondary N) is 1. The minimum atomic E-state index is -0.562. The topological polar surface area (TPSA) is 32.3 Å². The van der Waals surface area contributed by atoms with Crippen LogP contribution in [0, 0.1) is 11.6 Å². The van der Waals surface area contributed by atoms with Gasteiger partial charge in [-0.2, -0.15) is 0 Å². The van der Waals surface area contributed by atoms with Gasteiger partial charge in [-0.05, 0) is 42.2 Å². The van der Waals surface area contributed by atoms with E-state index in [4.69, 9.17) is 0 Å². The molecule has 20 heavy (non-hydrogen) atoms. The average molecular weight is 275 g/mol. The Bertz CT molecular complexity index is 642. The molecule has 0 saturated heterocycles. The van der Waals surface area contributed by atoms with Crippen molar-refractivity contribution in [2.45, 2.75) is 25.4 Å². The maximum atomic E-state index is 13.6. The Labute approximate surface area is 116 Å². The molecule has 104 valence electrons. The normalized spacial score (nSPS) is 17.2. The van der Waals surface area contributed by atoms with Gasteiger partial charge in [0.15, 0.2) is 0 Å². The van der Waals surface area contributed by atoms with Crippen LogP contribution in [0.15, 0.2) is 36.4 Å². The molecule has 0 aromatic heterocycles. The highest BCUT2D eigenvalue weighted by Crippen LogP contribution is 2.33. The van der Waals surface area contributed by atoms with Gasteiger partial charge in [0.25, 0.3) is 0 Å². The third-order valence-electron chi connectivity index (χ3n) is 3.76. The van der Waals surface area contributed by atoms with Gasteiger partial charge in [-0.25, -0.2) is 8.78 Å². The molecule has 0 heterocycles. The molecule has 2 aromatic rings. The molecule has 1 aliphatic carbocycles. The molecule has 0 spiro atoms. The van der Waals surface area contributed by atoms with Crippen LogP contribution in [-0.4, -0.2) is 5.11 Å². The molecule has 2 N–H and O–H groups in total. The van der Waals surface area contributed by atoms with Gasteiger partial charge in [-0.1, -0.05) is 12.1 Å². The van der Waals surface area contributed by atoms with E-state index < -0.39 is 11.6 Å². The zero-order valence-electron chi connectivity index (χ0n) is 10.9. The summed E-state index contributed by atoms with van der Waals surface area (Å²) < 4.78 is 26.4. The Balaban J connectivity index is 1.72. The first kappa shape index (κ1) is 13.1. The lowest BCUT2D eigenvalue weighted by Crippen LogP contribution is -2.19. The van der Waals surface area contributed by atoms with Gasteiger partial charge < -0.3 is 10.4 Å². The van der Waals surface area contributed by atoms with E-state index in [9.17, 15) is 13.9 Å². The second kappa shape index (κ2) is 5.21. The highest BCUT2D eigenvalue weighted by atomic mass is 19.1. The smallest absolute Gasteiger partial charge is 0.130 e. The summed E-state index contributed by atoms with van der Waals surface area (Å²) in [4.78, 5) is 0. The van der Waals surface area contributed by atoms with Gasteiger partial charge in [0.2, 0.25) is 0 Å². The number of hydrogen-bond donors (Lipinski definition) is 2. The first-order chi connectivity index (χ1) is 9.63. The summed E-state index contributed by atoms with van der Waals surface area (Å²) in [7, 11) is 0. The van der Waals surface area contributed by atoms with Crippen molar-refractivity contribution in [2.75, 3.05) is 0 Å². The molecular formula is C16H15F2NO. The zero-order valence-corrected chi connectivity index (χ0v) is 10.9. The minimum absolute atomic E-state index is 0.148. The highest BCUT2D eigenvalue weighted by molar-refractivity contribution is 5.40. The highest BCUT2D eigenvalue weighted by Gasteiger charge is 2.22. The molecule has 3 rings (SSSR count). The predicted molar refractivity (Wildman–Crippen MR) is 72.4 cm³/mol. The van der Waals surface area contributed by atoms with E-state index in [0.717, 1.165) is 30.0 Å². The molecule has 0 amide bonds. The van der Waals surface area contributed by atoms with Crippen LogP contribution in [0.3, 0.4) is 0 Å². The van der Waals surface area contributed by atoms with Crippen LogP contribution in [-0.2, 0) is 13.0 Å². The molecule has 1 aliphatic rings. The molecule has 1 atom stereocenters. The summed E-state index contributed by atoms with van der Waals surface area (Å²) in [6, 6.07) is 9.11. The van der Waals surface area contributed by atoms with Gasteiger partial charge >= 0.3 is 0 Å². The van der Waals surface area contributed by atoms with Gasteiger partial charge in [0, 0.05) is 24.2 Å². The first-order valence-corrected chi connectivity index (χ1v) is 6.62. The third-order valence-corrected chi connectivity index (χ3v) is 3.76. The van der Waals surface area contributed by atoms with Crippen LogP contribution in [0.5, 0.6) is 5.75 Å². The number of phenols is 1. The average Bonchev–Trinajstić information content (AvgIpc) is 2.80. The van der Waals surface area contributed by atoms with E-state index in [1.54, 1.807) is 12.1 Å². The van der Waals surface area contributed by atoms with Crippen LogP contribution in [0.1, 0.15) is 29.2 Å². The molecule has 2 nitrogen and oxygen atoms in total. The van der Waals surface area contributed by atoms with E-state index in [2.05, 4.69) is 5.32 Å². The molecule has 0 fully saturated rings. The summed E-state index contributed by atoms with van der Waals surface area (Å²) in [5.74, 6) is -0.816. The molecule has 0 aliphatic heterocycles. The molecule has 0 radical (unpaired) electrons. The van der Waals surface area contributed by atoms with Gasteiger partial charge in [-0.3, -0.25) is 0 Å². The standard InChI is InChI=1S/C16H15F2NO/c17-12-3-1-11(15(18)8-12)9-19-16-6-2-10-7-13(20)4-5-14(10)16/h1,3-5,7-8,16,19-20H,2,6,9H2. The summed E-state index contributed by atoms with van der Waals surface area (Å²) >= 11 is 0. The van der Waals surface area contributed by atoms with Crippen LogP contribution in [0.4, 0.5) is 8.78 Å². The summed E-state index contributed by atoms with van der Waals surface area (Å²) in [6.07, 6.45) is 1.81. The number of fused-ring (bicyclic) bond motifs is 1. The van der Waals surface area contributed by atoms with E-state index >= 15 is 0 Å². The molecule has 0 saturated carbocycles. The Hall–Kier alpha value is -1.94. The van der Waals surface area contributed by atoms with Crippen molar-refractivity contribution in [1.29, 1.82) is 0 Å². The van der Waals surface area contributed by atoms with Gasteiger partial charge in [0.05, 0.1) is 0 Å². The fraction of sp³-hybridized carbons (Fsp3) is 0.250. The maximum Gasteiger partial charge on any atom is 0.130 e. The van der Waals surface area contributed by atoms with Crippen LogP contribution in [0.2, 0.25) is 0 Å². The Morgan fingerprint density at radius 3 is 2.80 bits per heavy atom. The van der Waals surface area contributed by atoms with E-state index in [-0.39, 0.29) is 11.8 Å². The van der Waals surface area contributed by atoms with Crippen molar-refractivity contribution in [3.8, 4) is 5.75 Å². The van der Waals surface area contributed by atoms with Crippen LogP contribution >= 0.6 is 0 Å². The molecule has 2 aromatic carbocycles. The zero-order chi connectivity index (χ0) is 14.1. The Kier molecular flexibility index (Phi) is 3.40. The lowest BCUT2D eigenvalue weighted by Gasteiger charge is -2.14. The first-order valence-electron chi connectivity index (χ1n) is 6.62. The number of aromatic hydroxyl groups is 1. The van der Waals surface area contributed by atoms with Crippen LogP contribution < -0.4 is 5.32 Å². The van der Waals surface area contributed by atoms with E-state index in [1.165, 1.54) is 12.1 Å². The summed E-state index contributed by atoms with van der Waals surface area (Å²) in [5.41, 5.74) is 2.73. The second-order valence-corrected chi connectivity index (χ2v) is 5.09. The van der Waals surface area contributed by atoms with Gasteiger partial charge in [-0.15, -0.1) is 0 Å². The van der Waals surface area contributed by atoms with Crippen molar-refractivity contribution in [2.24, 2.45) is 0 Å². The summed E-state index contributed by atoms with van der Waals surface area (Å²) in [5, 5.41) is 12.7. The molecular weight excluding hydrogens is 260 g/mol. The summed E-state index contributed by atoms with van der Waals surface area (Å²) in [6.45, 7) is 0.358. The predicted octanol–water partition coefficient (Wildman–Crippen LogP) is 3.45. The Morgan fingerprint density at radius 1 is 1.15 bits per heavy atom. The number of halogens is 2. The van der Waals surface area contributed by atoms with Crippen LogP contribution in [0.25, 0.3) is 0 Å². The largest absolute Gasteiger partial charge is 0.508 e. The molecule has 1 unspecified atom stereocenters. The lowest BCUT2D eigenvalue weighted by atomic mass is 10.1. The third kappa shape index (κ3) is 2.51. The fourth-order valence-corrected chi connectivity index (χ4v) is 2.71.